The Morgan fingerprint density at radius 2 is 1.86 bits per heavy atom. The Balaban J connectivity index is 1.43. The number of aryl methyl sites for hydroxylation is 1. The van der Waals surface area contributed by atoms with Crippen LogP contribution in [0.3, 0.4) is 0 Å². The van der Waals surface area contributed by atoms with E-state index in [1.54, 1.807) is 49.4 Å². The molecule has 0 atom stereocenters. The smallest absolute Gasteiger partial charge is 0.259 e. The summed E-state index contributed by atoms with van der Waals surface area (Å²) >= 11 is 6.02. The number of anilines is 2. The average molecular weight is 518 g/mol. The van der Waals surface area contributed by atoms with Gasteiger partial charge in [0.25, 0.3) is 11.4 Å². The van der Waals surface area contributed by atoms with Gasteiger partial charge in [-0.3, -0.25) is 14.2 Å². The van der Waals surface area contributed by atoms with Crippen molar-refractivity contribution in [2.24, 2.45) is 0 Å². The van der Waals surface area contributed by atoms with Crippen LogP contribution in [-0.2, 0) is 13.0 Å². The predicted octanol–water partition coefficient (Wildman–Crippen LogP) is 5.19. The number of carbonyl (C=O) groups is 1. The molecule has 186 valence electrons. The highest BCUT2D eigenvalue weighted by Gasteiger charge is 2.19. The molecule has 2 aromatic carbocycles. The first kappa shape index (κ1) is 24.0. The van der Waals surface area contributed by atoms with E-state index < -0.39 is 0 Å². The molecule has 5 rings (SSSR count). The zero-order valence-electron chi connectivity index (χ0n) is 19.6. The van der Waals surface area contributed by atoms with Crippen molar-refractivity contribution in [1.82, 2.24) is 19.7 Å². The third-order valence-corrected chi connectivity index (χ3v) is 5.73. The van der Waals surface area contributed by atoms with Crippen LogP contribution < -0.4 is 15.6 Å². The summed E-state index contributed by atoms with van der Waals surface area (Å²) in [5.74, 6) is 1.27. The maximum absolute atomic E-state index is 13.5. The standard InChI is InChI=1S/C26H20ClN5O5/c1-16-24(29-15-35-16)22(33)12-18-13-28-26(32(25(18)34)14-17-2-4-19(27)5-3-17)30-20-6-8-21(9-7-20)37-23-10-11-36-31-23/h2-11,13,15H,12,14H2,1H3,(H,28,30). The Labute approximate surface area is 215 Å². The molecule has 0 saturated carbocycles. The van der Waals surface area contributed by atoms with Gasteiger partial charge in [-0.25, -0.2) is 9.97 Å². The minimum Gasteiger partial charge on any atom is -0.448 e. The summed E-state index contributed by atoms with van der Waals surface area (Å²) in [7, 11) is 0. The molecule has 5 aromatic rings. The number of Topliss-reactive ketones (excluding diaryl/α,β-unsaturated/α-hetero) is 1. The van der Waals surface area contributed by atoms with Crippen molar-refractivity contribution >= 4 is 29.0 Å². The highest BCUT2D eigenvalue weighted by molar-refractivity contribution is 6.30. The Morgan fingerprint density at radius 1 is 1.08 bits per heavy atom. The number of carbonyl (C=O) groups excluding carboxylic acids is 1. The summed E-state index contributed by atoms with van der Waals surface area (Å²) in [5, 5.41) is 7.47. The number of benzene rings is 2. The van der Waals surface area contributed by atoms with Crippen molar-refractivity contribution < 1.29 is 18.5 Å². The Morgan fingerprint density at radius 3 is 2.54 bits per heavy atom. The fourth-order valence-corrected chi connectivity index (χ4v) is 3.74. The minimum atomic E-state index is -0.354. The van der Waals surface area contributed by atoms with Crippen molar-refractivity contribution in [2.75, 3.05) is 5.32 Å². The van der Waals surface area contributed by atoms with Crippen LogP contribution in [0.4, 0.5) is 11.6 Å². The van der Waals surface area contributed by atoms with Gasteiger partial charge in [0, 0.05) is 35.0 Å². The number of aromatic nitrogens is 4. The number of nitrogens with one attached hydrogen (secondary N) is 1. The maximum Gasteiger partial charge on any atom is 0.259 e. The lowest BCUT2D eigenvalue weighted by molar-refractivity contribution is 0.0986. The first-order valence-corrected chi connectivity index (χ1v) is 11.6. The van der Waals surface area contributed by atoms with Crippen molar-refractivity contribution in [3.8, 4) is 11.6 Å². The van der Waals surface area contributed by atoms with Gasteiger partial charge in [-0.05, 0) is 54.0 Å². The monoisotopic (exact) mass is 517 g/mol. The molecule has 0 amide bonds. The second kappa shape index (κ2) is 10.5. The molecule has 0 radical (unpaired) electrons. The number of oxazole rings is 1. The average Bonchev–Trinajstić information content (AvgIpc) is 3.57. The molecule has 0 aliphatic heterocycles. The van der Waals surface area contributed by atoms with Gasteiger partial charge in [0.05, 0.1) is 6.54 Å². The molecule has 1 N–H and O–H groups in total. The fraction of sp³-hybridized carbons (Fsp3) is 0.115. The molecule has 0 unspecified atom stereocenters. The zero-order valence-corrected chi connectivity index (χ0v) is 20.3. The van der Waals surface area contributed by atoms with Gasteiger partial charge in [0.15, 0.2) is 12.2 Å². The first-order valence-electron chi connectivity index (χ1n) is 11.2. The van der Waals surface area contributed by atoms with Crippen LogP contribution >= 0.6 is 11.6 Å². The molecule has 10 nitrogen and oxygen atoms in total. The van der Waals surface area contributed by atoms with E-state index in [0.29, 0.717) is 34.0 Å². The Bertz CT molecular complexity index is 1580. The van der Waals surface area contributed by atoms with Crippen LogP contribution in [0, 0.1) is 6.92 Å². The van der Waals surface area contributed by atoms with Crippen LogP contribution in [0.1, 0.15) is 27.4 Å². The van der Waals surface area contributed by atoms with E-state index in [1.807, 2.05) is 12.1 Å². The number of ketones is 1. The summed E-state index contributed by atoms with van der Waals surface area (Å²) in [5.41, 5.74) is 1.59. The third-order valence-electron chi connectivity index (χ3n) is 5.48. The van der Waals surface area contributed by atoms with Gasteiger partial charge in [-0.1, -0.05) is 23.7 Å². The van der Waals surface area contributed by atoms with Crippen LogP contribution in [0.2, 0.25) is 5.02 Å². The summed E-state index contributed by atoms with van der Waals surface area (Å²) < 4.78 is 16.9. The van der Waals surface area contributed by atoms with E-state index in [4.69, 9.17) is 25.3 Å². The molecule has 0 saturated heterocycles. The molecule has 11 heteroatoms. The predicted molar refractivity (Wildman–Crippen MR) is 135 cm³/mol. The van der Waals surface area contributed by atoms with Crippen LogP contribution in [0.15, 0.2) is 87.2 Å². The minimum absolute atomic E-state index is 0.159. The topological polar surface area (TPSA) is 125 Å². The Hall–Kier alpha value is -4.70. The second-order valence-electron chi connectivity index (χ2n) is 8.07. The molecule has 0 spiro atoms. The molecule has 3 heterocycles. The van der Waals surface area contributed by atoms with E-state index in [-0.39, 0.29) is 35.6 Å². The van der Waals surface area contributed by atoms with E-state index in [0.717, 1.165) is 5.56 Å². The molecule has 0 bridgehead atoms. The molecule has 37 heavy (non-hydrogen) atoms. The third kappa shape index (κ3) is 5.60. The normalized spacial score (nSPS) is 10.9. The van der Waals surface area contributed by atoms with E-state index in [2.05, 4.69) is 20.4 Å². The molecule has 0 fully saturated rings. The summed E-state index contributed by atoms with van der Waals surface area (Å²) in [6, 6.07) is 15.8. The lowest BCUT2D eigenvalue weighted by Gasteiger charge is -2.15. The first-order chi connectivity index (χ1) is 18.0. The molecule has 0 aliphatic rings. The SMILES string of the molecule is Cc1ocnc1C(=O)Cc1cnc(Nc2ccc(Oc3ccon3)cc2)n(Cc2ccc(Cl)cc2)c1=O. The molecular formula is C26H20ClN5O5. The molecular weight excluding hydrogens is 498 g/mol. The summed E-state index contributed by atoms with van der Waals surface area (Å²) in [6.07, 6.45) is 3.86. The lowest BCUT2D eigenvalue weighted by atomic mass is 10.1. The Kier molecular flexibility index (Phi) is 6.82. The highest BCUT2D eigenvalue weighted by Crippen LogP contribution is 2.23. The van der Waals surface area contributed by atoms with E-state index in [9.17, 15) is 9.59 Å². The summed E-state index contributed by atoms with van der Waals surface area (Å²) in [6.45, 7) is 1.86. The second-order valence-corrected chi connectivity index (χ2v) is 8.51. The number of rotatable bonds is 9. The maximum atomic E-state index is 13.5. The van der Waals surface area contributed by atoms with Crippen LogP contribution in [-0.4, -0.2) is 25.5 Å². The van der Waals surface area contributed by atoms with Crippen molar-refractivity contribution in [3.05, 3.63) is 111 Å². The number of halogens is 1. The quantitative estimate of drug-likeness (QED) is 0.263. The fourth-order valence-electron chi connectivity index (χ4n) is 3.61. The van der Waals surface area contributed by atoms with Gasteiger partial charge in [0.2, 0.25) is 5.95 Å². The number of ether oxygens (including phenoxy) is 1. The van der Waals surface area contributed by atoms with E-state index >= 15 is 0 Å². The number of hydrogen-bond donors (Lipinski definition) is 1. The van der Waals surface area contributed by atoms with Crippen LogP contribution in [0.5, 0.6) is 11.6 Å². The number of nitrogens with zero attached hydrogens (tertiary/aromatic N) is 4. The zero-order chi connectivity index (χ0) is 25.8. The van der Waals surface area contributed by atoms with Crippen molar-refractivity contribution in [1.29, 1.82) is 0 Å². The van der Waals surface area contributed by atoms with Gasteiger partial charge >= 0.3 is 0 Å². The van der Waals surface area contributed by atoms with Gasteiger partial charge in [-0.2, -0.15) is 0 Å². The lowest BCUT2D eigenvalue weighted by Crippen LogP contribution is -2.28. The van der Waals surface area contributed by atoms with Gasteiger partial charge in [0.1, 0.15) is 23.5 Å². The molecule has 3 aromatic heterocycles. The van der Waals surface area contributed by atoms with E-state index in [1.165, 1.54) is 23.4 Å². The largest absolute Gasteiger partial charge is 0.448 e. The van der Waals surface area contributed by atoms with Gasteiger partial charge in [-0.15, -0.1) is 0 Å². The molecule has 0 aliphatic carbocycles. The highest BCUT2D eigenvalue weighted by atomic mass is 35.5. The van der Waals surface area contributed by atoms with Crippen molar-refractivity contribution in [2.45, 2.75) is 19.9 Å². The van der Waals surface area contributed by atoms with Crippen LogP contribution in [0.25, 0.3) is 0 Å². The number of hydrogen-bond acceptors (Lipinski definition) is 9. The summed E-state index contributed by atoms with van der Waals surface area (Å²) in [4.78, 5) is 34.6. The van der Waals surface area contributed by atoms with Gasteiger partial charge < -0.3 is 19.0 Å². The van der Waals surface area contributed by atoms with Crippen molar-refractivity contribution in [3.63, 3.8) is 0 Å².